The first-order valence-corrected chi connectivity index (χ1v) is 11.1. The van der Waals surface area contributed by atoms with Crippen molar-refractivity contribution in [2.24, 2.45) is 5.92 Å². The summed E-state index contributed by atoms with van der Waals surface area (Å²) in [6, 6.07) is 9.20. The third kappa shape index (κ3) is 4.48. The summed E-state index contributed by atoms with van der Waals surface area (Å²) in [6.45, 7) is 6.01. The van der Waals surface area contributed by atoms with E-state index in [1.807, 2.05) is 37.4 Å². The zero-order valence-electron chi connectivity index (χ0n) is 17.2. The molecule has 3 heterocycles. The van der Waals surface area contributed by atoms with Crippen LogP contribution in [0.4, 0.5) is 10.6 Å². The van der Waals surface area contributed by atoms with Gasteiger partial charge in [-0.1, -0.05) is 26.0 Å². The molecule has 4 rings (SSSR count). The molecule has 158 valence electrons. The predicted octanol–water partition coefficient (Wildman–Crippen LogP) is 4.41. The fourth-order valence-corrected chi connectivity index (χ4v) is 4.38. The molecule has 0 unspecified atom stereocenters. The first-order chi connectivity index (χ1) is 14.5. The maximum Gasteiger partial charge on any atom is 0.407 e. The number of piperidine rings is 1. The van der Waals surface area contributed by atoms with Crippen molar-refractivity contribution in [2.75, 3.05) is 24.6 Å². The number of amides is 1. The highest BCUT2D eigenvalue weighted by atomic mass is 32.1. The number of nitrogens with zero attached hydrogens (tertiary/aromatic N) is 3. The molecule has 8 heteroatoms. The largest absolute Gasteiger partial charge is 0.507 e. The Kier molecular flexibility index (Phi) is 6.03. The van der Waals surface area contributed by atoms with Crippen LogP contribution < -0.4 is 10.2 Å². The van der Waals surface area contributed by atoms with Crippen molar-refractivity contribution >= 4 is 33.5 Å². The number of hydrogen-bond acceptors (Lipinski definition) is 7. The van der Waals surface area contributed by atoms with Gasteiger partial charge in [-0.3, -0.25) is 0 Å². The van der Waals surface area contributed by atoms with Crippen LogP contribution in [0.3, 0.4) is 0 Å². The smallest absolute Gasteiger partial charge is 0.407 e. The van der Waals surface area contributed by atoms with Gasteiger partial charge < -0.3 is 20.1 Å². The number of phenolic OH excluding ortho intramolecular Hbond substituents is 1. The fraction of sp³-hybridized carbons (Fsp3) is 0.409. The van der Waals surface area contributed by atoms with E-state index in [4.69, 9.17) is 9.72 Å². The van der Waals surface area contributed by atoms with Gasteiger partial charge in [-0.05, 0) is 42.3 Å². The lowest BCUT2D eigenvalue weighted by Crippen LogP contribution is -2.45. The molecular weight excluding hydrogens is 400 g/mol. The quantitative estimate of drug-likeness (QED) is 0.628. The average molecular weight is 427 g/mol. The van der Waals surface area contributed by atoms with Crippen molar-refractivity contribution < 1.29 is 14.6 Å². The lowest BCUT2D eigenvalue weighted by Gasteiger charge is -2.33. The summed E-state index contributed by atoms with van der Waals surface area (Å²) >= 11 is 1.62. The standard InChI is InChI=1S/C22H26N4O3S/c1-14(2)13-29-22(28)23-15-7-10-26(11-8-15)21-19-17(9-12-30-19)24-20(25-21)16-5-3-4-6-18(16)27/h3-6,9,12,14-15,27H,7-8,10-11,13H2,1-2H3,(H,23,28). The summed E-state index contributed by atoms with van der Waals surface area (Å²) in [7, 11) is 0. The van der Waals surface area contributed by atoms with E-state index in [2.05, 4.69) is 15.2 Å². The van der Waals surface area contributed by atoms with Crippen molar-refractivity contribution in [3.05, 3.63) is 35.7 Å². The minimum absolute atomic E-state index is 0.0965. The Hall–Kier alpha value is -2.87. The molecule has 2 aromatic heterocycles. The van der Waals surface area contributed by atoms with Crippen LogP contribution in [0.1, 0.15) is 26.7 Å². The topological polar surface area (TPSA) is 87.6 Å². The van der Waals surface area contributed by atoms with E-state index in [0.717, 1.165) is 42.0 Å². The molecule has 3 aromatic rings. The second kappa shape index (κ2) is 8.87. The summed E-state index contributed by atoms with van der Waals surface area (Å²) in [5.74, 6) is 1.89. The number of carbonyl (C=O) groups excluding carboxylic acids is 1. The lowest BCUT2D eigenvalue weighted by molar-refractivity contribution is 0.128. The van der Waals surface area contributed by atoms with Crippen LogP contribution in [-0.4, -0.2) is 46.9 Å². The third-order valence-corrected chi connectivity index (χ3v) is 5.99. The van der Waals surface area contributed by atoms with Gasteiger partial charge in [0.15, 0.2) is 11.6 Å². The van der Waals surface area contributed by atoms with E-state index >= 15 is 0 Å². The number of thiophene rings is 1. The molecule has 0 atom stereocenters. The van der Waals surface area contributed by atoms with Gasteiger partial charge in [-0.25, -0.2) is 14.8 Å². The minimum atomic E-state index is -0.341. The maximum absolute atomic E-state index is 12.0. The molecule has 0 spiro atoms. The van der Waals surface area contributed by atoms with Crippen LogP contribution in [0.15, 0.2) is 35.7 Å². The fourth-order valence-electron chi connectivity index (χ4n) is 3.53. The van der Waals surface area contributed by atoms with E-state index in [1.54, 1.807) is 23.5 Å². The lowest BCUT2D eigenvalue weighted by atomic mass is 10.1. The Morgan fingerprint density at radius 3 is 2.77 bits per heavy atom. The van der Waals surface area contributed by atoms with Crippen LogP contribution >= 0.6 is 11.3 Å². The van der Waals surface area contributed by atoms with Crippen molar-refractivity contribution in [3.8, 4) is 17.1 Å². The number of ether oxygens (including phenoxy) is 1. The molecule has 2 N–H and O–H groups in total. The molecule has 1 aromatic carbocycles. The Morgan fingerprint density at radius 2 is 2.03 bits per heavy atom. The molecule has 0 aliphatic carbocycles. The number of nitrogens with one attached hydrogen (secondary N) is 1. The van der Waals surface area contributed by atoms with E-state index in [1.165, 1.54) is 0 Å². The molecule has 0 saturated carbocycles. The molecule has 30 heavy (non-hydrogen) atoms. The molecule has 7 nitrogen and oxygen atoms in total. The van der Waals surface area contributed by atoms with Gasteiger partial charge in [-0.2, -0.15) is 0 Å². The van der Waals surface area contributed by atoms with Crippen LogP contribution in [0, 0.1) is 5.92 Å². The molecule has 1 fully saturated rings. The van der Waals surface area contributed by atoms with Gasteiger partial charge >= 0.3 is 6.09 Å². The zero-order valence-corrected chi connectivity index (χ0v) is 18.0. The highest BCUT2D eigenvalue weighted by Crippen LogP contribution is 2.34. The molecule has 1 amide bonds. The van der Waals surface area contributed by atoms with Gasteiger partial charge in [0.2, 0.25) is 0 Å². The first-order valence-electron chi connectivity index (χ1n) is 10.2. The Balaban J connectivity index is 1.50. The van der Waals surface area contributed by atoms with Crippen LogP contribution in [0.25, 0.3) is 21.6 Å². The zero-order chi connectivity index (χ0) is 21.1. The van der Waals surface area contributed by atoms with E-state index < -0.39 is 0 Å². The van der Waals surface area contributed by atoms with Crippen molar-refractivity contribution in [3.63, 3.8) is 0 Å². The van der Waals surface area contributed by atoms with Gasteiger partial charge in [0.25, 0.3) is 0 Å². The number of fused-ring (bicyclic) bond motifs is 1. The summed E-state index contributed by atoms with van der Waals surface area (Å²) in [6.07, 6.45) is 1.30. The number of carbonyl (C=O) groups is 1. The number of benzene rings is 1. The Morgan fingerprint density at radius 1 is 1.27 bits per heavy atom. The number of rotatable bonds is 5. The number of phenols is 1. The first kappa shape index (κ1) is 20.4. The third-order valence-electron chi connectivity index (χ3n) is 5.09. The predicted molar refractivity (Wildman–Crippen MR) is 119 cm³/mol. The number of anilines is 1. The maximum atomic E-state index is 12.0. The van der Waals surface area contributed by atoms with Gasteiger partial charge in [0.1, 0.15) is 5.75 Å². The monoisotopic (exact) mass is 426 g/mol. The van der Waals surface area contributed by atoms with E-state index in [-0.39, 0.29) is 17.9 Å². The Bertz CT molecular complexity index is 1030. The van der Waals surface area contributed by atoms with Crippen molar-refractivity contribution in [1.29, 1.82) is 0 Å². The molecule has 1 aliphatic rings. The highest BCUT2D eigenvalue weighted by Gasteiger charge is 2.25. The average Bonchev–Trinajstić information content (AvgIpc) is 3.21. The van der Waals surface area contributed by atoms with Crippen molar-refractivity contribution in [1.82, 2.24) is 15.3 Å². The highest BCUT2D eigenvalue weighted by molar-refractivity contribution is 7.17. The molecule has 0 radical (unpaired) electrons. The van der Waals surface area contributed by atoms with Crippen LogP contribution in [-0.2, 0) is 4.74 Å². The second-order valence-corrected chi connectivity index (χ2v) is 8.84. The molecular formula is C22H26N4O3S. The van der Waals surface area contributed by atoms with E-state index in [9.17, 15) is 9.90 Å². The van der Waals surface area contributed by atoms with Crippen LogP contribution in [0.2, 0.25) is 0 Å². The SMILES string of the molecule is CC(C)COC(=O)NC1CCN(c2nc(-c3ccccc3O)nc3ccsc23)CC1. The van der Waals surface area contributed by atoms with Gasteiger partial charge in [-0.15, -0.1) is 11.3 Å². The number of aromatic nitrogens is 2. The van der Waals surface area contributed by atoms with Crippen LogP contribution in [0.5, 0.6) is 5.75 Å². The summed E-state index contributed by atoms with van der Waals surface area (Å²) < 4.78 is 6.27. The molecule has 0 bridgehead atoms. The summed E-state index contributed by atoms with van der Waals surface area (Å²) in [5.41, 5.74) is 1.50. The number of aromatic hydroxyl groups is 1. The normalized spacial score (nSPS) is 15.0. The summed E-state index contributed by atoms with van der Waals surface area (Å²) in [5, 5.41) is 15.2. The Labute approximate surface area is 179 Å². The van der Waals surface area contributed by atoms with Crippen molar-refractivity contribution in [2.45, 2.75) is 32.7 Å². The minimum Gasteiger partial charge on any atom is -0.507 e. The second-order valence-electron chi connectivity index (χ2n) is 7.92. The number of hydrogen-bond donors (Lipinski definition) is 2. The van der Waals surface area contributed by atoms with Gasteiger partial charge in [0, 0.05) is 19.1 Å². The van der Waals surface area contributed by atoms with Gasteiger partial charge in [0.05, 0.1) is 22.4 Å². The van der Waals surface area contributed by atoms with E-state index in [0.29, 0.717) is 23.9 Å². The number of alkyl carbamates (subject to hydrolysis) is 1. The number of para-hydroxylation sites is 1. The summed E-state index contributed by atoms with van der Waals surface area (Å²) in [4.78, 5) is 23.7. The molecule has 1 saturated heterocycles. The molecule has 1 aliphatic heterocycles.